The van der Waals surface area contributed by atoms with Gasteiger partial charge in [-0.05, 0) is 32.9 Å². The quantitative estimate of drug-likeness (QED) is 0.177. The van der Waals surface area contributed by atoms with Gasteiger partial charge in [0.05, 0.1) is 24.3 Å². The van der Waals surface area contributed by atoms with Crippen molar-refractivity contribution in [3.8, 4) is 0 Å². The summed E-state index contributed by atoms with van der Waals surface area (Å²) in [4.78, 5) is 58.3. The van der Waals surface area contributed by atoms with Gasteiger partial charge in [-0.1, -0.05) is 12.1 Å². The van der Waals surface area contributed by atoms with E-state index in [1.165, 1.54) is 25.3 Å². The SMILES string of the molecule is CCOC(CCOP(=O)(OC)OC[C@H]1O[C@@H](n2cc(C)c(=O)[nH]c2=O)C[C@H]1ON1C(=O)c2ccccc2C1=O)OCC. The average molecular weight is 612 g/mol. The summed E-state index contributed by atoms with van der Waals surface area (Å²) in [6.45, 7) is 5.47. The first kappa shape index (κ1) is 31.9. The van der Waals surface area contributed by atoms with Crippen molar-refractivity contribution >= 4 is 19.6 Å². The van der Waals surface area contributed by atoms with E-state index in [1.807, 2.05) is 13.8 Å². The molecule has 4 rings (SSSR count). The second-order valence-corrected chi connectivity index (χ2v) is 11.1. The minimum atomic E-state index is -4.11. The molecule has 3 heterocycles. The van der Waals surface area contributed by atoms with Gasteiger partial charge in [0.1, 0.15) is 18.4 Å². The molecule has 0 aliphatic carbocycles. The van der Waals surface area contributed by atoms with Gasteiger partial charge in [-0.2, -0.15) is 0 Å². The van der Waals surface area contributed by atoms with E-state index in [1.54, 1.807) is 12.1 Å². The van der Waals surface area contributed by atoms with Crippen LogP contribution in [0.25, 0.3) is 0 Å². The molecule has 2 aromatic rings. The number of fused-ring (bicyclic) bond motifs is 1. The molecule has 0 saturated carbocycles. The maximum absolute atomic E-state index is 13.2. The van der Waals surface area contributed by atoms with Crippen LogP contribution in [0.3, 0.4) is 0 Å². The van der Waals surface area contributed by atoms with E-state index in [2.05, 4.69) is 4.98 Å². The maximum Gasteiger partial charge on any atom is 0.474 e. The van der Waals surface area contributed by atoms with Crippen molar-refractivity contribution in [3.05, 3.63) is 68.0 Å². The van der Waals surface area contributed by atoms with E-state index in [9.17, 15) is 23.7 Å². The van der Waals surface area contributed by atoms with Crippen LogP contribution < -0.4 is 11.2 Å². The number of carbonyl (C=O) groups excluding carboxylic acids is 2. The molecule has 0 spiro atoms. The van der Waals surface area contributed by atoms with Crippen LogP contribution in [-0.4, -0.2) is 78.5 Å². The topological polar surface area (TPSA) is 174 Å². The lowest BCUT2D eigenvalue weighted by atomic mass is 10.1. The number of rotatable bonds is 15. The number of phosphoric ester groups is 1. The van der Waals surface area contributed by atoms with Gasteiger partial charge in [-0.15, -0.1) is 5.06 Å². The maximum atomic E-state index is 13.2. The number of nitrogens with zero attached hydrogens (tertiary/aromatic N) is 2. The van der Waals surface area contributed by atoms with E-state index in [0.717, 1.165) is 11.7 Å². The second kappa shape index (κ2) is 14.0. The summed E-state index contributed by atoms with van der Waals surface area (Å²) in [5, 5.41) is 0.628. The number of hydroxylamine groups is 2. The molecule has 4 atom stereocenters. The Morgan fingerprint density at radius 2 is 1.69 bits per heavy atom. The van der Waals surface area contributed by atoms with Gasteiger partial charge in [0.25, 0.3) is 17.4 Å². The molecule has 16 heteroatoms. The van der Waals surface area contributed by atoms with Gasteiger partial charge in [0.2, 0.25) is 0 Å². The lowest BCUT2D eigenvalue weighted by Crippen LogP contribution is -2.39. The third kappa shape index (κ3) is 7.13. The molecule has 2 aliphatic heterocycles. The number of aromatic nitrogens is 2. The number of hydrogen-bond donors (Lipinski definition) is 1. The standard InChI is InChI=1S/C26H34N3O12P/c1-5-36-22(37-6-2)11-12-38-42(34,35-4)39-15-20-19(13-21(40-20)28-14-16(3)23(30)27-26(28)33)41-29-24(31)17-9-7-8-10-18(17)25(29)32/h7-10,14,19-22H,5-6,11-13,15H2,1-4H3,(H,27,30,33)/t19-,20-,21-,42?/m1/s1. The summed E-state index contributed by atoms with van der Waals surface area (Å²) >= 11 is 0. The van der Waals surface area contributed by atoms with Crippen LogP contribution in [0.15, 0.2) is 40.1 Å². The molecule has 0 bridgehead atoms. The Bertz CT molecular complexity index is 1400. The smallest absolute Gasteiger partial charge is 0.353 e. The number of ether oxygens (including phenoxy) is 3. The summed E-state index contributed by atoms with van der Waals surface area (Å²) < 4.78 is 47.2. The molecule has 0 radical (unpaired) electrons. The van der Waals surface area contributed by atoms with Crippen molar-refractivity contribution < 1.29 is 46.8 Å². The van der Waals surface area contributed by atoms with Gasteiger partial charge < -0.3 is 14.2 Å². The number of aromatic amines is 1. The third-order valence-corrected chi connectivity index (χ3v) is 7.97. The van der Waals surface area contributed by atoms with E-state index >= 15 is 0 Å². The highest BCUT2D eigenvalue weighted by atomic mass is 31.2. The summed E-state index contributed by atoms with van der Waals surface area (Å²) in [6, 6.07) is 6.25. The first-order chi connectivity index (χ1) is 20.1. The van der Waals surface area contributed by atoms with Crippen molar-refractivity contribution in [2.24, 2.45) is 0 Å². The van der Waals surface area contributed by atoms with Crippen LogP contribution in [0.2, 0.25) is 0 Å². The molecule has 15 nitrogen and oxygen atoms in total. The minimum absolute atomic E-state index is 0.0324. The first-order valence-corrected chi connectivity index (χ1v) is 14.9. The Hall–Kier alpha value is -3.01. The fourth-order valence-electron chi connectivity index (χ4n) is 4.49. The number of amides is 2. The summed E-state index contributed by atoms with van der Waals surface area (Å²) in [5.41, 5.74) is -0.686. The number of carbonyl (C=O) groups is 2. The monoisotopic (exact) mass is 611 g/mol. The second-order valence-electron chi connectivity index (χ2n) is 9.33. The molecule has 1 fully saturated rings. The number of benzene rings is 1. The number of phosphoric acid groups is 1. The molecular formula is C26H34N3O12P. The van der Waals surface area contributed by atoms with Crippen molar-refractivity contribution in [2.45, 2.75) is 58.3 Å². The van der Waals surface area contributed by atoms with E-state index < -0.39 is 62.2 Å². The van der Waals surface area contributed by atoms with Gasteiger partial charge in [0.15, 0.2) is 6.29 Å². The Labute approximate surface area is 241 Å². The highest BCUT2D eigenvalue weighted by Gasteiger charge is 2.45. The largest absolute Gasteiger partial charge is 0.474 e. The van der Waals surface area contributed by atoms with Gasteiger partial charge in [-0.3, -0.25) is 42.3 Å². The minimum Gasteiger partial charge on any atom is -0.353 e. The Balaban J connectivity index is 1.50. The van der Waals surface area contributed by atoms with Crippen molar-refractivity contribution in [1.29, 1.82) is 0 Å². The van der Waals surface area contributed by atoms with E-state index in [-0.39, 0.29) is 36.1 Å². The highest BCUT2D eigenvalue weighted by Crippen LogP contribution is 2.49. The van der Waals surface area contributed by atoms with Crippen LogP contribution >= 0.6 is 7.82 Å². The number of imide groups is 1. The Morgan fingerprint density at radius 1 is 1.05 bits per heavy atom. The molecule has 1 saturated heterocycles. The fourth-order valence-corrected chi connectivity index (χ4v) is 5.43. The van der Waals surface area contributed by atoms with E-state index in [0.29, 0.717) is 18.3 Å². The van der Waals surface area contributed by atoms with Crippen LogP contribution in [0, 0.1) is 6.92 Å². The predicted molar refractivity (Wildman–Crippen MR) is 145 cm³/mol. The molecule has 1 N–H and O–H groups in total. The molecule has 230 valence electrons. The van der Waals surface area contributed by atoms with E-state index in [4.69, 9.17) is 32.6 Å². The molecular weight excluding hydrogens is 577 g/mol. The highest BCUT2D eigenvalue weighted by molar-refractivity contribution is 7.48. The lowest BCUT2D eigenvalue weighted by Gasteiger charge is -2.24. The van der Waals surface area contributed by atoms with Crippen molar-refractivity contribution in [3.63, 3.8) is 0 Å². The lowest BCUT2D eigenvalue weighted by molar-refractivity contribution is -0.155. The zero-order valence-corrected chi connectivity index (χ0v) is 24.6. The molecule has 1 aromatic carbocycles. The summed E-state index contributed by atoms with van der Waals surface area (Å²) in [5.74, 6) is -1.33. The zero-order valence-electron chi connectivity index (χ0n) is 23.7. The van der Waals surface area contributed by atoms with Gasteiger partial charge in [0, 0.05) is 44.9 Å². The van der Waals surface area contributed by atoms with Crippen LogP contribution in [0.4, 0.5) is 0 Å². The molecule has 42 heavy (non-hydrogen) atoms. The van der Waals surface area contributed by atoms with Crippen molar-refractivity contribution in [1.82, 2.24) is 14.6 Å². The average Bonchev–Trinajstić information content (AvgIpc) is 3.48. The normalized spacial score (nSPS) is 21.7. The van der Waals surface area contributed by atoms with Crippen molar-refractivity contribution in [2.75, 3.05) is 33.5 Å². The van der Waals surface area contributed by atoms with Gasteiger partial charge >= 0.3 is 13.5 Å². The van der Waals surface area contributed by atoms with Crippen LogP contribution in [0.5, 0.6) is 0 Å². The third-order valence-electron chi connectivity index (χ3n) is 6.56. The first-order valence-electron chi connectivity index (χ1n) is 13.4. The fraction of sp³-hybridized carbons (Fsp3) is 0.538. The molecule has 1 unspecified atom stereocenters. The van der Waals surface area contributed by atoms with Crippen LogP contribution in [0.1, 0.15) is 59.2 Å². The van der Waals surface area contributed by atoms with Gasteiger partial charge in [-0.25, -0.2) is 9.36 Å². The summed E-state index contributed by atoms with van der Waals surface area (Å²) in [7, 11) is -2.96. The summed E-state index contributed by atoms with van der Waals surface area (Å²) in [6.07, 6.45) is -2.09. The molecule has 2 aliphatic rings. The number of H-pyrrole nitrogens is 1. The Morgan fingerprint density at radius 3 is 2.29 bits per heavy atom. The zero-order chi connectivity index (χ0) is 30.4. The number of hydrogen-bond acceptors (Lipinski definition) is 12. The Kier molecular flexibility index (Phi) is 10.6. The number of nitrogens with one attached hydrogen (secondary N) is 1. The number of aryl methyl sites for hydroxylation is 1. The molecule has 1 aromatic heterocycles. The molecule has 2 amide bonds. The van der Waals surface area contributed by atoms with Crippen LogP contribution in [-0.2, 0) is 37.2 Å². The predicted octanol–water partition coefficient (Wildman–Crippen LogP) is 2.31.